The molecule has 1 saturated heterocycles. The van der Waals surface area contributed by atoms with E-state index in [1.54, 1.807) is 28.0 Å². The van der Waals surface area contributed by atoms with Gasteiger partial charge in [0.2, 0.25) is 5.91 Å². The zero-order chi connectivity index (χ0) is 28.6. The molecule has 0 saturated carbocycles. The fourth-order valence-electron chi connectivity index (χ4n) is 5.25. The van der Waals surface area contributed by atoms with Crippen molar-refractivity contribution in [2.45, 2.75) is 32.7 Å². The summed E-state index contributed by atoms with van der Waals surface area (Å²) >= 11 is 0. The molecule has 1 aliphatic rings. The highest BCUT2D eigenvalue weighted by Crippen LogP contribution is 2.33. The molecule has 0 radical (unpaired) electrons. The molecule has 0 unspecified atom stereocenters. The number of halogens is 3. The van der Waals surface area contributed by atoms with E-state index in [-0.39, 0.29) is 45.7 Å². The van der Waals surface area contributed by atoms with Gasteiger partial charge in [-0.3, -0.25) is 4.79 Å². The van der Waals surface area contributed by atoms with E-state index in [1.165, 1.54) is 30.3 Å². The zero-order valence-corrected chi connectivity index (χ0v) is 22.2. The lowest BCUT2D eigenvalue weighted by molar-refractivity contribution is -0.126. The van der Waals surface area contributed by atoms with Crippen molar-refractivity contribution in [1.82, 2.24) is 19.4 Å². The van der Waals surface area contributed by atoms with Crippen molar-refractivity contribution in [3.63, 3.8) is 0 Å². The summed E-state index contributed by atoms with van der Waals surface area (Å²) in [6.07, 6.45) is 2.39. The number of carbonyl (C=O) groups is 1. The molecule has 1 aliphatic heterocycles. The van der Waals surface area contributed by atoms with Gasteiger partial charge < -0.3 is 9.80 Å². The van der Waals surface area contributed by atoms with Gasteiger partial charge in [-0.2, -0.15) is 4.98 Å². The second-order valence-electron chi connectivity index (χ2n) is 9.75. The molecule has 0 spiro atoms. The lowest BCUT2D eigenvalue weighted by atomic mass is 10.1. The number of pyridine rings is 1. The number of aryl methyl sites for hydroxylation is 1. The van der Waals surface area contributed by atoms with E-state index in [4.69, 9.17) is 0 Å². The summed E-state index contributed by atoms with van der Waals surface area (Å²) in [5, 5.41) is 0.165. The third kappa shape index (κ3) is 4.74. The van der Waals surface area contributed by atoms with Crippen LogP contribution in [0.1, 0.15) is 25.8 Å². The first-order valence-corrected chi connectivity index (χ1v) is 13.1. The van der Waals surface area contributed by atoms with Crippen molar-refractivity contribution in [1.29, 1.82) is 0 Å². The molecule has 7 nitrogen and oxygen atoms in total. The molecule has 1 atom stereocenters. The summed E-state index contributed by atoms with van der Waals surface area (Å²) in [7, 11) is 0. The van der Waals surface area contributed by atoms with Gasteiger partial charge in [-0.1, -0.05) is 44.2 Å². The predicted octanol–water partition coefficient (Wildman–Crippen LogP) is 5.04. The van der Waals surface area contributed by atoms with E-state index in [1.807, 2.05) is 13.8 Å². The molecule has 10 heteroatoms. The quantitative estimate of drug-likeness (QED) is 0.317. The first-order valence-electron chi connectivity index (χ1n) is 13.1. The van der Waals surface area contributed by atoms with Crippen molar-refractivity contribution < 1.29 is 18.0 Å². The Balaban J connectivity index is 1.80. The molecular formula is C30H28F3N5O2. The van der Waals surface area contributed by atoms with Crippen LogP contribution in [0.4, 0.5) is 19.0 Å². The number of hydrogen-bond donors (Lipinski definition) is 0. The smallest absolute Gasteiger partial charge is 0.350 e. The van der Waals surface area contributed by atoms with Crippen molar-refractivity contribution >= 4 is 22.8 Å². The fourth-order valence-corrected chi connectivity index (χ4v) is 5.25. The molecule has 4 aromatic rings. The maximum Gasteiger partial charge on any atom is 0.355 e. The van der Waals surface area contributed by atoms with Gasteiger partial charge in [-0.25, -0.2) is 27.5 Å². The molecule has 3 heterocycles. The van der Waals surface area contributed by atoms with Crippen LogP contribution in [0.25, 0.3) is 28.0 Å². The van der Waals surface area contributed by atoms with Crippen LogP contribution in [-0.4, -0.2) is 51.0 Å². The summed E-state index contributed by atoms with van der Waals surface area (Å²) in [6.45, 7) is 8.29. The summed E-state index contributed by atoms with van der Waals surface area (Å²) in [6, 6.07) is 11.0. The summed E-state index contributed by atoms with van der Waals surface area (Å²) < 4.78 is 46.8. The predicted molar refractivity (Wildman–Crippen MR) is 148 cm³/mol. The topological polar surface area (TPSA) is 71.3 Å². The number of aromatic nitrogens is 3. The Morgan fingerprint density at radius 3 is 2.50 bits per heavy atom. The molecular weight excluding hydrogens is 519 g/mol. The van der Waals surface area contributed by atoms with Crippen LogP contribution >= 0.6 is 0 Å². The van der Waals surface area contributed by atoms with Crippen LogP contribution in [0.5, 0.6) is 0 Å². The van der Waals surface area contributed by atoms with Gasteiger partial charge >= 0.3 is 5.69 Å². The minimum Gasteiger partial charge on any atom is -0.350 e. The highest BCUT2D eigenvalue weighted by molar-refractivity contribution is 5.91. The Bertz CT molecular complexity index is 1690. The molecule has 1 fully saturated rings. The minimum absolute atomic E-state index is 0.0218. The average molecular weight is 548 g/mol. The Labute approximate surface area is 229 Å². The third-order valence-electron chi connectivity index (χ3n) is 7.13. The summed E-state index contributed by atoms with van der Waals surface area (Å²) in [5.74, 6) is -2.22. The van der Waals surface area contributed by atoms with Crippen LogP contribution in [0.15, 0.2) is 66.0 Å². The number of anilines is 1. The number of fused-ring (bicyclic) bond motifs is 1. The Morgan fingerprint density at radius 1 is 1.05 bits per heavy atom. The van der Waals surface area contributed by atoms with Gasteiger partial charge in [0.1, 0.15) is 29.0 Å². The highest BCUT2D eigenvalue weighted by atomic mass is 19.1. The average Bonchev–Trinajstić information content (AvgIpc) is 2.94. The summed E-state index contributed by atoms with van der Waals surface area (Å²) in [5.41, 5.74) is -0.713. The summed E-state index contributed by atoms with van der Waals surface area (Å²) in [4.78, 5) is 38.1. The number of hydrogen-bond acceptors (Lipinski definition) is 5. The van der Waals surface area contributed by atoms with Crippen LogP contribution in [0, 0.1) is 17.5 Å². The standard InChI is InChI=1S/C30H28F3N5O2/c1-4-9-19-10-8-13-23(32)27(19)38-29-21(16-24(33)26(34-29)20-11-6-7-12-22(20)31)28(35-30(38)40)37-15-14-36(17-18(37)3)25(39)5-2/h5-8,10-13,16,18H,2,4,9,14-15,17H2,1,3H3/t18-/m0/s1. The third-order valence-corrected chi connectivity index (χ3v) is 7.13. The Morgan fingerprint density at radius 2 is 1.80 bits per heavy atom. The van der Waals surface area contributed by atoms with Gasteiger partial charge in [-0.05, 0) is 49.2 Å². The van der Waals surface area contributed by atoms with E-state index < -0.39 is 23.1 Å². The number of nitrogens with zero attached hydrogens (tertiary/aromatic N) is 5. The lowest BCUT2D eigenvalue weighted by Crippen LogP contribution is -2.54. The van der Waals surface area contributed by atoms with Crippen LogP contribution in [0.3, 0.4) is 0 Å². The van der Waals surface area contributed by atoms with Crippen LogP contribution in [0.2, 0.25) is 0 Å². The maximum atomic E-state index is 15.7. The van der Waals surface area contributed by atoms with Crippen LogP contribution in [-0.2, 0) is 11.2 Å². The van der Waals surface area contributed by atoms with Crippen molar-refractivity contribution in [3.05, 3.63) is 94.7 Å². The first-order chi connectivity index (χ1) is 19.2. The van der Waals surface area contributed by atoms with E-state index in [0.29, 0.717) is 38.0 Å². The van der Waals surface area contributed by atoms with Crippen molar-refractivity contribution in [3.8, 4) is 16.9 Å². The van der Waals surface area contributed by atoms with E-state index >= 15 is 8.78 Å². The number of para-hydroxylation sites is 1. The lowest BCUT2D eigenvalue weighted by Gasteiger charge is -2.40. The van der Waals surface area contributed by atoms with E-state index in [0.717, 1.165) is 10.6 Å². The molecule has 0 N–H and O–H groups in total. The highest BCUT2D eigenvalue weighted by Gasteiger charge is 2.30. The SMILES string of the molecule is C=CC(=O)N1CCN(c2nc(=O)n(-c3c(F)cccc3CCC)c3nc(-c4ccccc4F)c(F)cc23)[C@@H](C)C1. The second-order valence-corrected chi connectivity index (χ2v) is 9.75. The minimum atomic E-state index is -0.818. The number of piperazine rings is 1. The molecule has 40 heavy (non-hydrogen) atoms. The molecule has 2 aromatic heterocycles. The zero-order valence-electron chi connectivity index (χ0n) is 22.2. The monoisotopic (exact) mass is 547 g/mol. The number of amides is 1. The molecule has 0 aliphatic carbocycles. The van der Waals surface area contributed by atoms with Crippen molar-refractivity contribution in [2.24, 2.45) is 0 Å². The van der Waals surface area contributed by atoms with Gasteiger partial charge in [-0.15, -0.1) is 0 Å². The molecule has 2 aromatic carbocycles. The molecule has 5 rings (SSSR count). The molecule has 206 valence electrons. The van der Waals surface area contributed by atoms with Gasteiger partial charge in [0.15, 0.2) is 5.65 Å². The van der Waals surface area contributed by atoms with Crippen LogP contribution < -0.4 is 10.6 Å². The molecule has 1 amide bonds. The Kier molecular flexibility index (Phi) is 7.42. The van der Waals surface area contributed by atoms with E-state index in [9.17, 15) is 14.0 Å². The largest absolute Gasteiger partial charge is 0.355 e. The maximum absolute atomic E-state index is 15.7. The first kappa shape index (κ1) is 27.1. The fraction of sp³-hybridized carbons (Fsp3) is 0.267. The number of rotatable bonds is 6. The van der Waals surface area contributed by atoms with Gasteiger partial charge in [0, 0.05) is 31.2 Å². The van der Waals surface area contributed by atoms with Crippen molar-refractivity contribution in [2.75, 3.05) is 24.5 Å². The van der Waals surface area contributed by atoms with E-state index in [2.05, 4.69) is 16.5 Å². The molecule has 0 bridgehead atoms. The normalized spacial score (nSPS) is 15.5. The second kappa shape index (κ2) is 11.0. The Hall–Kier alpha value is -4.47. The van der Waals surface area contributed by atoms with Gasteiger partial charge in [0.05, 0.1) is 11.1 Å². The van der Waals surface area contributed by atoms with Gasteiger partial charge in [0.25, 0.3) is 0 Å². The number of benzene rings is 2. The number of carbonyl (C=O) groups excluding carboxylic acids is 1.